The van der Waals surface area contributed by atoms with Gasteiger partial charge in [-0.3, -0.25) is 14.9 Å². The number of hydrogen-bond acceptors (Lipinski definition) is 6. The van der Waals surface area contributed by atoms with E-state index in [-0.39, 0.29) is 33.9 Å². The van der Waals surface area contributed by atoms with Gasteiger partial charge in [0.25, 0.3) is 5.69 Å². The Bertz CT molecular complexity index is 1330. The molecule has 3 aromatic carbocycles. The van der Waals surface area contributed by atoms with E-state index in [2.05, 4.69) is 15.5 Å². The third kappa shape index (κ3) is 4.68. The average Bonchev–Trinajstić information content (AvgIpc) is 2.79. The van der Waals surface area contributed by atoms with Gasteiger partial charge in [0.05, 0.1) is 10.7 Å². The summed E-state index contributed by atoms with van der Waals surface area (Å²) >= 11 is 6.99. The lowest BCUT2D eigenvalue weighted by Crippen LogP contribution is -2.14. The minimum atomic E-state index is -0.614. The summed E-state index contributed by atoms with van der Waals surface area (Å²) in [6, 6.07) is 17.5. The molecule has 1 aromatic heterocycles. The molecule has 1 N–H and O–H groups in total. The third-order valence-corrected chi connectivity index (χ3v) is 5.84. The van der Waals surface area contributed by atoms with Crippen molar-refractivity contribution in [3.05, 3.63) is 87.7 Å². The quantitative estimate of drug-likeness (QED) is 0.220. The van der Waals surface area contributed by atoms with Crippen molar-refractivity contribution in [2.75, 3.05) is 11.1 Å². The first-order valence-electron chi connectivity index (χ1n) is 9.30. The molecular weight excluding hydrogens is 455 g/mol. The molecule has 1 amide bonds. The molecule has 0 aliphatic rings. The molecule has 4 aromatic rings. The van der Waals surface area contributed by atoms with Crippen molar-refractivity contribution in [3.63, 3.8) is 0 Å². The lowest BCUT2D eigenvalue weighted by Gasteiger charge is -2.09. The van der Waals surface area contributed by atoms with Crippen LogP contribution in [0.1, 0.15) is 0 Å². The third-order valence-electron chi connectivity index (χ3n) is 4.54. The SMILES string of the molecule is O=C(CSc1nnc(-c2ccc(F)cc2)c2ccccc12)Nc1ccc(Cl)c([N+](=O)[O-])c1. The number of benzene rings is 3. The summed E-state index contributed by atoms with van der Waals surface area (Å²) in [7, 11) is 0. The first-order valence-corrected chi connectivity index (χ1v) is 10.7. The van der Waals surface area contributed by atoms with Crippen molar-refractivity contribution in [1.29, 1.82) is 0 Å². The summed E-state index contributed by atoms with van der Waals surface area (Å²) in [5.41, 5.74) is 1.33. The van der Waals surface area contributed by atoms with Gasteiger partial charge in [-0.25, -0.2) is 4.39 Å². The van der Waals surface area contributed by atoms with E-state index in [9.17, 15) is 19.3 Å². The molecule has 32 heavy (non-hydrogen) atoms. The van der Waals surface area contributed by atoms with Crippen molar-refractivity contribution in [2.45, 2.75) is 5.03 Å². The molecular formula is C22H14ClFN4O3S. The molecule has 0 radical (unpaired) electrons. The number of nitrogens with one attached hydrogen (secondary N) is 1. The maximum atomic E-state index is 13.3. The standard InChI is InChI=1S/C22H14ClFN4O3S/c23-18-10-9-15(11-19(18)28(30)31)25-20(29)12-32-22-17-4-2-1-3-16(17)21(26-27-22)13-5-7-14(24)8-6-13/h1-11H,12H2,(H,25,29). The number of carbonyl (C=O) groups is 1. The van der Waals surface area contributed by atoms with E-state index in [0.29, 0.717) is 10.7 Å². The molecule has 0 spiro atoms. The number of carbonyl (C=O) groups excluding carboxylic acids is 1. The number of fused-ring (bicyclic) bond motifs is 1. The fourth-order valence-electron chi connectivity index (χ4n) is 3.07. The van der Waals surface area contributed by atoms with Gasteiger partial charge in [-0.15, -0.1) is 10.2 Å². The van der Waals surface area contributed by atoms with E-state index in [4.69, 9.17) is 11.6 Å². The molecule has 0 atom stereocenters. The van der Waals surface area contributed by atoms with Crippen LogP contribution in [-0.4, -0.2) is 26.8 Å². The average molecular weight is 469 g/mol. The zero-order valence-corrected chi connectivity index (χ0v) is 17.9. The largest absolute Gasteiger partial charge is 0.325 e. The number of nitro benzene ring substituents is 1. The molecule has 7 nitrogen and oxygen atoms in total. The molecule has 1 heterocycles. The van der Waals surface area contributed by atoms with Gasteiger partial charge in [0.1, 0.15) is 21.6 Å². The number of amides is 1. The number of nitrogens with zero attached hydrogens (tertiary/aromatic N) is 3. The molecule has 0 aliphatic carbocycles. The minimum Gasteiger partial charge on any atom is -0.325 e. The van der Waals surface area contributed by atoms with Crippen LogP contribution in [0.5, 0.6) is 0 Å². The number of rotatable bonds is 6. The Kier molecular flexibility index (Phi) is 6.29. The topological polar surface area (TPSA) is 98.0 Å². The highest BCUT2D eigenvalue weighted by molar-refractivity contribution is 8.00. The highest BCUT2D eigenvalue weighted by Crippen LogP contribution is 2.32. The Balaban J connectivity index is 1.53. The lowest BCUT2D eigenvalue weighted by atomic mass is 10.1. The molecule has 0 saturated heterocycles. The summed E-state index contributed by atoms with van der Waals surface area (Å²) in [5.74, 6) is -0.680. The predicted molar refractivity (Wildman–Crippen MR) is 122 cm³/mol. The fourth-order valence-corrected chi connectivity index (χ4v) is 4.03. The molecule has 0 unspecified atom stereocenters. The molecule has 0 bridgehead atoms. The Hall–Kier alpha value is -3.56. The maximum Gasteiger partial charge on any atom is 0.289 e. The molecule has 0 aliphatic heterocycles. The summed E-state index contributed by atoms with van der Waals surface area (Å²) in [6.07, 6.45) is 0. The molecule has 10 heteroatoms. The van der Waals surface area contributed by atoms with Gasteiger partial charge in [-0.05, 0) is 36.4 Å². The number of aromatic nitrogens is 2. The van der Waals surface area contributed by atoms with E-state index in [1.54, 1.807) is 12.1 Å². The first kappa shape index (κ1) is 21.7. The molecule has 0 saturated carbocycles. The van der Waals surface area contributed by atoms with Crippen LogP contribution in [0, 0.1) is 15.9 Å². The second-order valence-corrected chi connectivity index (χ2v) is 8.04. The van der Waals surface area contributed by atoms with Gasteiger partial charge in [-0.2, -0.15) is 0 Å². The van der Waals surface area contributed by atoms with Crippen LogP contribution in [0.4, 0.5) is 15.8 Å². The normalized spacial score (nSPS) is 10.8. The molecule has 0 fully saturated rings. The van der Waals surface area contributed by atoms with Crippen molar-refractivity contribution in [1.82, 2.24) is 10.2 Å². The first-order chi connectivity index (χ1) is 15.4. The number of nitro groups is 1. The molecule has 4 rings (SSSR count). The monoisotopic (exact) mass is 468 g/mol. The van der Waals surface area contributed by atoms with Gasteiger partial charge in [0, 0.05) is 28.1 Å². The van der Waals surface area contributed by atoms with Crippen molar-refractivity contribution in [3.8, 4) is 11.3 Å². The molecule has 160 valence electrons. The van der Waals surface area contributed by atoms with Crippen LogP contribution in [0.3, 0.4) is 0 Å². The Morgan fingerprint density at radius 1 is 1.06 bits per heavy atom. The van der Waals surface area contributed by atoms with E-state index >= 15 is 0 Å². The van der Waals surface area contributed by atoms with Gasteiger partial charge >= 0.3 is 0 Å². The van der Waals surface area contributed by atoms with Crippen molar-refractivity contribution >= 4 is 51.4 Å². The summed E-state index contributed by atoms with van der Waals surface area (Å²) in [5, 5.41) is 24.4. The maximum absolute atomic E-state index is 13.3. The van der Waals surface area contributed by atoms with Crippen LogP contribution in [0.15, 0.2) is 71.8 Å². The fraction of sp³-hybridized carbons (Fsp3) is 0.0455. The lowest BCUT2D eigenvalue weighted by molar-refractivity contribution is -0.384. The van der Waals surface area contributed by atoms with E-state index in [1.807, 2.05) is 24.3 Å². The van der Waals surface area contributed by atoms with E-state index < -0.39 is 4.92 Å². The van der Waals surface area contributed by atoms with Gasteiger partial charge in [0.2, 0.25) is 5.91 Å². The summed E-state index contributed by atoms with van der Waals surface area (Å²) < 4.78 is 13.3. The van der Waals surface area contributed by atoms with Crippen LogP contribution in [0.25, 0.3) is 22.0 Å². The van der Waals surface area contributed by atoms with Crippen molar-refractivity contribution in [2.24, 2.45) is 0 Å². The van der Waals surface area contributed by atoms with Crippen LogP contribution < -0.4 is 5.32 Å². The summed E-state index contributed by atoms with van der Waals surface area (Å²) in [6.45, 7) is 0. The van der Waals surface area contributed by atoms with Crippen molar-refractivity contribution < 1.29 is 14.1 Å². The number of thioether (sulfide) groups is 1. The second-order valence-electron chi connectivity index (χ2n) is 6.67. The van der Waals surface area contributed by atoms with Crippen LogP contribution in [-0.2, 0) is 4.79 Å². The number of anilines is 1. The Morgan fingerprint density at radius 3 is 2.50 bits per heavy atom. The number of halogens is 2. The number of hydrogen-bond donors (Lipinski definition) is 1. The van der Waals surface area contributed by atoms with Gasteiger partial charge < -0.3 is 5.32 Å². The smallest absolute Gasteiger partial charge is 0.289 e. The Labute approximate surface area is 190 Å². The highest BCUT2D eigenvalue weighted by atomic mass is 35.5. The van der Waals surface area contributed by atoms with Gasteiger partial charge in [-0.1, -0.05) is 47.6 Å². The van der Waals surface area contributed by atoms with E-state index in [1.165, 1.54) is 42.1 Å². The zero-order valence-electron chi connectivity index (χ0n) is 16.3. The second kappa shape index (κ2) is 9.29. The predicted octanol–water partition coefficient (Wildman–Crippen LogP) is 5.73. The van der Waals surface area contributed by atoms with E-state index in [0.717, 1.165) is 16.3 Å². The summed E-state index contributed by atoms with van der Waals surface area (Å²) in [4.78, 5) is 22.8. The Morgan fingerprint density at radius 2 is 1.78 bits per heavy atom. The minimum absolute atomic E-state index is 0.00892. The zero-order chi connectivity index (χ0) is 22.7. The highest BCUT2D eigenvalue weighted by Gasteiger charge is 2.16. The van der Waals surface area contributed by atoms with Crippen LogP contribution in [0.2, 0.25) is 5.02 Å². The van der Waals surface area contributed by atoms with Gasteiger partial charge in [0.15, 0.2) is 0 Å². The van der Waals surface area contributed by atoms with Crippen LogP contribution >= 0.6 is 23.4 Å².